The van der Waals surface area contributed by atoms with Crippen LogP contribution in [0.4, 0.5) is 0 Å². The van der Waals surface area contributed by atoms with E-state index in [9.17, 15) is 9.59 Å². The van der Waals surface area contributed by atoms with E-state index in [-0.39, 0.29) is 17.9 Å². The zero-order chi connectivity index (χ0) is 18.2. The number of ether oxygens (including phenoxy) is 1. The highest BCUT2D eigenvalue weighted by Gasteiger charge is 2.30. The fourth-order valence-corrected chi connectivity index (χ4v) is 3.68. The lowest BCUT2D eigenvalue weighted by Gasteiger charge is -2.22. The molecule has 1 aromatic carbocycles. The zero-order valence-electron chi connectivity index (χ0n) is 15.3. The van der Waals surface area contributed by atoms with Crippen LogP contribution in [0.3, 0.4) is 0 Å². The van der Waals surface area contributed by atoms with Crippen molar-refractivity contribution in [1.29, 1.82) is 0 Å². The molecule has 2 amide bonds. The maximum Gasteiger partial charge on any atom is 0.224 e. The van der Waals surface area contributed by atoms with Gasteiger partial charge in [-0.05, 0) is 50.4 Å². The van der Waals surface area contributed by atoms with E-state index in [2.05, 4.69) is 10.6 Å². The van der Waals surface area contributed by atoms with Crippen molar-refractivity contribution in [3.05, 3.63) is 30.3 Å². The number of rotatable bonds is 8. The summed E-state index contributed by atoms with van der Waals surface area (Å²) in [6.07, 6.45) is 4.22. The Hall–Kier alpha value is -2.08. The van der Waals surface area contributed by atoms with Crippen molar-refractivity contribution in [1.82, 2.24) is 15.5 Å². The van der Waals surface area contributed by atoms with E-state index < -0.39 is 0 Å². The summed E-state index contributed by atoms with van der Waals surface area (Å²) < 4.78 is 5.65. The zero-order valence-corrected chi connectivity index (χ0v) is 15.3. The summed E-state index contributed by atoms with van der Waals surface area (Å²) >= 11 is 0. The first-order valence-electron chi connectivity index (χ1n) is 9.66. The molecule has 0 aliphatic carbocycles. The molecule has 0 aromatic heterocycles. The molecule has 6 heteroatoms. The van der Waals surface area contributed by atoms with Crippen LogP contribution in [0, 0.1) is 5.92 Å². The number of nitrogens with one attached hydrogen (secondary N) is 2. The summed E-state index contributed by atoms with van der Waals surface area (Å²) in [7, 11) is 0. The van der Waals surface area contributed by atoms with E-state index in [0.717, 1.165) is 38.1 Å². The van der Waals surface area contributed by atoms with E-state index in [4.69, 9.17) is 4.74 Å². The van der Waals surface area contributed by atoms with Crippen LogP contribution in [0.25, 0.3) is 0 Å². The normalized spacial score (nSPS) is 21.0. The SMILES string of the molecule is O=C(CCC1CCNCC1)NC1CC(=O)N(CCOc2ccccc2)C1. The fraction of sp³-hybridized carbons (Fsp3) is 0.600. The van der Waals surface area contributed by atoms with Gasteiger partial charge in [-0.3, -0.25) is 9.59 Å². The molecule has 0 spiro atoms. The number of hydrogen-bond donors (Lipinski definition) is 2. The molecule has 1 atom stereocenters. The predicted molar refractivity (Wildman–Crippen MR) is 99.9 cm³/mol. The largest absolute Gasteiger partial charge is 0.492 e. The summed E-state index contributed by atoms with van der Waals surface area (Å²) in [6, 6.07) is 9.51. The standard InChI is InChI=1S/C20H29N3O3/c24-19(7-6-16-8-10-21-11-9-16)22-17-14-20(25)23(15-17)12-13-26-18-4-2-1-3-5-18/h1-5,16-17,21H,6-15H2,(H,22,24). The van der Waals surface area contributed by atoms with Crippen LogP contribution in [-0.2, 0) is 9.59 Å². The number of piperidine rings is 1. The van der Waals surface area contributed by atoms with E-state index in [1.165, 1.54) is 0 Å². The summed E-state index contributed by atoms with van der Waals surface area (Å²) in [5.74, 6) is 1.62. The van der Waals surface area contributed by atoms with Crippen molar-refractivity contribution in [2.45, 2.75) is 38.1 Å². The fourth-order valence-electron chi connectivity index (χ4n) is 3.68. The highest BCUT2D eigenvalue weighted by Crippen LogP contribution is 2.18. The first-order chi connectivity index (χ1) is 12.7. The lowest BCUT2D eigenvalue weighted by atomic mass is 9.93. The molecule has 2 fully saturated rings. The number of benzene rings is 1. The molecule has 1 unspecified atom stereocenters. The summed E-state index contributed by atoms with van der Waals surface area (Å²) in [5, 5.41) is 6.37. The molecule has 142 valence electrons. The maximum atomic E-state index is 12.2. The second kappa shape index (κ2) is 9.57. The van der Waals surface area contributed by atoms with Gasteiger partial charge in [0.2, 0.25) is 11.8 Å². The van der Waals surface area contributed by atoms with Crippen LogP contribution in [0.2, 0.25) is 0 Å². The number of para-hydroxylation sites is 1. The van der Waals surface area contributed by atoms with Gasteiger partial charge in [0.1, 0.15) is 12.4 Å². The average molecular weight is 359 g/mol. The van der Waals surface area contributed by atoms with Crippen molar-refractivity contribution < 1.29 is 14.3 Å². The molecule has 6 nitrogen and oxygen atoms in total. The number of hydrogen-bond acceptors (Lipinski definition) is 4. The summed E-state index contributed by atoms with van der Waals surface area (Å²) in [4.78, 5) is 26.1. The molecule has 1 aromatic rings. The second-order valence-corrected chi connectivity index (χ2v) is 7.20. The van der Waals surface area contributed by atoms with Crippen molar-refractivity contribution in [2.24, 2.45) is 5.92 Å². The molecule has 0 radical (unpaired) electrons. The second-order valence-electron chi connectivity index (χ2n) is 7.20. The number of nitrogens with zero attached hydrogens (tertiary/aromatic N) is 1. The van der Waals surface area contributed by atoms with Crippen LogP contribution in [0.15, 0.2) is 30.3 Å². The van der Waals surface area contributed by atoms with Gasteiger partial charge in [-0.25, -0.2) is 0 Å². The molecule has 2 heterocycles. The molecular weight excluding hydrogens is 330 g/mol. The van der Waals surface area contributed by atoms with Gasteiger partial charge in [0, 0.05) is 19.4 Å². The Morgan fingerprint density at radius 1 is 1.23 bits per heavy atom. The highest BCUT2D eigenvalue weighted by molar-refractivity contribution is 5.82. The molecule has 2 aliphatic rings. The minimum Gasteiger partial charge on any atom is -0.492 e. The number of carbonyl (C=O) groups is 2. The molecule has 2 N–H and O–H groups in total. The van der Waals surface area contributed by atoms with Gasteiger partial charge in [0.15, 0.2) is 0 Å². The van der Waals surface area contributed by atoms with Crippen molar-refractivity contribution in [2.75, 3.05) is 32.8 Å². The van der Waals surface area contributed by atoms with E-state index in [1.54, 1.807) is 4.90 Å². The van der Waals surface area contributed by atoms with Gasteiger partial charge in [0.25, 0.3) is 0 Å². The Morgan fingerprint density at radius 2 is 2.00 bits per heavy atom. The third-order valence-corrected chi connectivity index (χ3v) is 5.19. The van der Waals surface area contributed by atoms with E-state index >= 15 is 0 Å². The van der Waals surface area contributed by atoms with Gasteiger partial charge >= 0.3 is 0 Å². The van der Waals surface area contributed by atoms with Gasteiger partial charge < -0.3 is 20.3 Å². The van der Waals surface area contributed by atoms with Gasteiger partial charge in [-0.2, -0.15) is 0 Å². The Labute approximate surface area is 155 Å². The van der Waals surface area contributed by atoms with Crippen molar-refractivity contribution >= 4 is 11.8 Å². The van der Waals surface area contributed by atoms with Crippen LogP contribution in [0.1, 0.15) is 32.1 Å². The molecule has 2 aliphatic heterocycles. The maximum absolute atomic E-state index is 12.2. The number of amides is 2. The lowest BCUT2D eigenvalue weighted by molar-refractivity contribution is -0.128. The predicted octanol–water partition coefficient (Wildman–Crippen LogP) is 1.56. The van der Waals surface area contributed by atoms with Crippen LogP contribution in [-0.4, -0.2) is 55.5 Å². The Bertz CT molecular complexity index is 587. The molecule has 3 rings (SSSR count). The number of carbonyl (C=O) groups excluding carboxylic acids is 2. The summed E-state index contributed by atoms with van der Waals surface area (Å²) in [5.41, 5.74) is 0. The quantitative estimate of drug-likeness (QED) is 0.739. The van der Waals surface area contributed by atoms with Gasteiger partial charge in [-0.1, -0.05) is 18.2 Å². The topological polar surface area (TPSA) is 70.7 Å². The monoisotopic (exact) mass is 359 g/mol. The minimum absolute atomic E-state index is 0.0697. The Balaban J connectivity index is 1.33. The number of likely N-dealkylation sites (tertiary alicyclic amines) is 1. The van der Waals surface area contributed by atoms with Crippen LogP contribution < -0.4 is 15.4 Å². The van der Waals surface area contributed by atoms with Gasteiger partial charge in [0.05, 0.1) is 12.6 Å². The van der Waals surface area contributed by atoms with E-state index in [1.807, 2.05) is 30.3 Å². The summed E-state index contributed by atoms with van der Waals surface area (Å²) in [6.45, 7) is 3.71. The molecule has 26 heavy (non-hydrogen) atoms. The smallest absolute Gasteiger partial charge is 0.224 e. The minimum atomic E-state index is -0.0697. The molecule has 0 saturated carbocycles. The third kappa shape index (κ3) is 5.73. The van der Waals surface area contributed by atoms with Gasteiger partial charge in [-0.15, -0.1) is 0 Å². The third-order valence-electron chi connectivity index (χ3n) is 5.19. The first kappa shape index (κ1) is 18.7. The Morgan fingerprint density at radius 3 is 2.77 bits per heavy atom. The molecule has 2 saturated heterocycles. The average Bonchev–Trinajstić information content (AvgIpc) is 3.01. The highest BCUT2D eigenvalue weighted by atomic mass is 16.5. The van der Waals surface area contributed by atoms with Crippen LogP contribution in [0.5, 0.6) is 5.75 Å². The lowest BCUT2D eigenvalue weighted by Crippen LogP contribution is -2.38. The van der Waals surface area contributed by atoms with Crippen molar-refractivity contribution in [3.63, 3.8) is 0 Å². The van der Waals surface area contributed by atoms with Crippen molar-refractivity contribution in [3.8, 4) is 5.75 Å². The van der Waals surface area contributed by atoms with Crippen LogP contribution >= 0.6 is 0 Å². The Kier molecular flexibility index (Phi) is 6.89. The molecular formula is C20H29N3O3. The first-order valence-corrected chi connectivity index (χ1v) is 9.66. The van der Waals surface area contributed by atoms with E-state index in [0.29, 0.717) is 38.5 Å². The molecule has 0 bridgehead atoms.